The highest BCUT2D eigenvalue weighted by Gasteiger charge is 2.09. The van der Waals surface area contributed by atoms with E-state index in [1.807, 2.05) is 6.92 Å². The first-order valence-electron chi connectivity index (χ1n) is 5.03. The van der Waals surface area contributed by atoms with E-state index in [0.29, 0.717) is 0 Å². The Morgan fingerprint density at radius 1 is 1.50 bits per heavy atom. The molecule has 2 rings (SSSR count). The van der Waals surface area contributed by atoms with Gasteiger partial charge in [-0.3, -0.25) is 0 Å². The predicted octanol–water partition coefficient (Wildman–Crippen LogP) is 3.71. The SMILES string of the molecule is CCNc1nc(-c2sccc2C)ncc1Br. The largest absolute Gasteiger partial charge is 0.369 e. The maximum absolute atomic E-state index is 4.51. The quantitative estimate of drug-likeness (QED) is 0.938. The van der Waals surface area contributed by atoms with E-state index in [9.17, 15) is 0 Å². The van der Waals surface area contributed by atoms with Crippen LogP contribution in [0, 0.1) is 6.92 Å². The summed E-state index contributed by atoms with van der Waals surface area (Å²) in [4.78, 5) is 9.97. The number of halogens is 1. The number of thiophene rings is 1. The molecule has 1 N–H and O–H groups in total. The van der Waals surface area contributed by atoms with Crippen molar-refractivity contribution >= 4 is 33.1 Å². The van der Waals surface area contributed by atoms with Gasteiger partial charge >= 0.3 is 0 Å². The van der Waals surface area contributed by atoms with Gasteiger partial charge in [0.1, 0.15) is 5.82 Å². The normalized spacial score (nSPS) is 10.4. The van der Waals surface area contributed by atoms with Crippen LogP contribution in [-0.4, -0.2) is 16.5 Å². The third-order valence-electron chi connectivity index (χ3n) is 2.15. The van der Waals surface area contributed by atoms with E-state index in [4.69, 9.17) is 0 Å². The molecule has 2 aromatic rings. The van der Waals surface area contributed by atoms with E-state index < -0.39 is 0 Å². The summed E-state index contributed by atoms with van der Waals surface area (Å²) in [5, 5.41) is 5.26. The third-order valence-corrected chi connectivity index (χ3v) is 3.75. The highest BCUT2D eigenvalue weighted by molar-refractivity contribution is 9.10. The van der Waals surface area contributed by atoms with Gasteiger partial charge in [-0.15, -0.1) is 11.3 Å². The molecule has 0 spiro atoms. The number of nitrogens with zero attached hydrogens (tertiary/aromatic N) is 2. The Hall–Kier alpha value is -0.940. The number of aromatic nitrogens is 2. The highest BCUT2D eigenvalue weighted by Crippen LogP contribution is 2.28. The van der Waals surface area contributed by atoms with Crippen molar-refractivity contribution in [1.29, 1.82) is 0 Å². The molecule has 3 nitrogen and oxygen atoms in total. The molecule has 16 heavy (non-hydrogen) atoms. The lowest BCUT2D eigenvalue weighted by molar-refractivity contribution is 1.11. The fraction of sp³-hybridized carbons (Fsp3) is 0.273. The minimum atomic E-state index is 0.784. The Labute approximate surface area is 107 Å². The summed E-state index contributed by atoms with van der Waals surface area (Å²) in [6.45, 7) is 4.97. The molecule has 84 valence electrons. The average molecular weight is 298 g/mol. The summed E-state index contributed by atoms with van der Waals surface area (Å²) in [6, 6.07) is 2.08. The van der Waals surface area contributed by atoms with Crippen LogP contribution in [0.4, 0.5) is 5.82 Å². The first-order valence-corrected chi connectivity index (χ1v) is 6.70. The number of aryl methyl sites for hydroxylation is 1. The lowest BCUT2D eigenvalue weighted by Gasteiger charge is -2.06. The number of rotatable bonds is 3. The van der Waals surface area contributed by atoms with Crippen molar-refractivity contribution in [2.75, 3.05) is 11.9 Å². The van der Waals surface area contributed by atoms with Crippen molar-refractivity contribution in [3.8, 4) is 10.7 Å². The van der Waals surface area contributed by atoms with Crippen molar-refractivity contribution in [2.45, 2.75) is 13.8 Å². The summed E-state index contributed by atoms with van der Waals surface area (Å²) in [7, 11) is 0. The molecular weight excluding hydrogens is 286 g/mol. The Kier molecular flexibility index (Phi) is 3.56. The lowest BCUT2D eigenvalue weighted by atomic mass is 10.3. The van der Waals surface area contributed by atoms with Gasteiger partial charge in [-0.1, -0.05) is 0 Å². The van der Waals surface area contributed by atoms with Crippen molar-refractivity contribution in [1.82, 2.24) is 9.97 Å². The van der Waals surface area contributed by atoms with Crippen LogP contribution in [-0.2, 0) is 0 Å². The molecule has 0 aromatic carbocycles. The summed E-state index contributed by atoms with van der Waals surface area (Å²) in [5.41, 5.74) is 1.22. The van der Waals surface area contributed by atoms with Gasteiger partial charge in [0, 0.05) is 12.7 Å². The van der Waals surface area contributed by atoms with Crippen LogP contribution in [0.3, 0.4) is 0 Å². The Morgan fingerprint density at radius 2 is 2.31 bits per heavy atom. The highest BCUT2D eigenvalue weighted by atomic mass is 79.9. The van der Waals surface area contributed by atoms with E-state index in [1.54, 1.807) is 17.5 Å². The molecule has 0 bridgehead atoms. The number of nitrogens with one attached hydrogen (secondary N) is 1. The van der Waals surface area contributed by atoms with Crippen molar-refractivity contribution in [3.05, 3.63) is 27.7 Å². The smallest absolute Gasteiger partial charge is 0.171 e. The molecule has 0 aliphatic carbocycles. The fourth-order valence-electron chi connectivity index (χ4n) is 1.37. The second kappa shape index (κ2) is 4.93. The Balaban J connectivity index is 2.43. The minimum Gasteiger partial charge on any atom is -0.369 e. The molecule has 0 saturated carbocycles. The van der Waals surface area contributed by atoms with Crippen molar-refractivity contribution < 1.29 is 0 Å². The second-order valence-electron chi connectivity index (χ2n) is 3.35. The number of hydrogen-bond donors (Lipinski definition) is 1. The molecule has 0 aliphatic rings. The van der Waals surface area contributed by atoms with Gasteiger partial charge in [-0.25, -0.2) is 9.97 Å². The monoisotopic (exact) mass is 297 g/mol. The zero-order valence-corrected chi connectivity index (χ0v) is 11.5. The van der Waals surface area contributed by atoms with Crippen LogP contribution < -0.4 is 5.32 Å². The average Bonchev–Trinajstić information content (AvgIpc) is 2.68. The molecule has 2 heterocycles. The van der Waals surface area contributed by atoms with Crippen LogP contribution in [0.2, 0.25) is 0 Å². The van der Waals surface area contributed by atoms with E-state index in [1.165, 1.54) is 5.56 Å². The van der Waals surface area contributed by atoms with Crippen molar-refractivity contribution in [3.63, 3.8) is 0 Å². The van der Waals surface area contributed by atoms with Crippen LogP contribution in [0.1, 0.15) is 12.5 Å². The van der Waals surface area contributed by atoms with Gasteiger partial charge in [-0.2, -0.15) is 0 Å². The minimum absolute atomic E-state index is 0.784. The van der Waals surface area contributed by atoms with Gasteiger partial charge in [0.2, 0.25) is 0 Å². The molecule has 0 atom stereocenters. The van der Waals surface area contributed by atoms with Crippen molar-refractivity contribution in [2.24, 2.45) is 0 Å². The maximum Gasteiger partial charge on any atom is 0.171 e. The van der Waals surface area contributed by atoms with Crippen LogP contribution in [0.25, 0.3) is 10.7 Å². The Bertz CT molecular complexity index is 496. The summed E-state index contributed by atoms with van der Waals surface area (Å²) in [6.07, 6.45) is 1.79. The molecule has 5 heteroatoms. The van der Waals surface area contributed by atoms with Gasteiger partial charge in [0.25, 0.3) is 0 Å². The van der Waals surface area contributed by atoms with E-state index in [-0.39, 0.29) is 0 Å². The first kappa shape index (κ1) is 11.5. The molecule has 2 aromatic heterocycles. The zero-order valence-electron chi connectivity index (χ0n) is 9.12. The maximum atomic E-state index is 4.51. The van der Waals surface area contributed by atoms with Gasteiger partial charge < -0.3 is 5.32 Å². The predicted molar refractivity (Wildman–Crippen MR) is 71.9 cm³/mol. The number of anilines is 1. The molecule has 0 amide bonds. The van der Waals surface area contributed by atoms with Crippen LogP contribution in [0.5, 0.6) is 0 Å². The molecule has 0 unspecified atom stereocenters. The van der Waals surface area contributed by atoms with Gasteiger partial charge in [0.15, 0.2) is 5.82 Å². The molecule has 0 saturated heterocycles. The Morgan fingerprint density at radius 3 is 2.94 bits per heavy atom. The van der Waals surface area contributed by atoms with E-state index in [0.717, 1.165) is 27.5 Å². The lowest BCUT2D eigenvalue weighted by Crippen LogP contribution is -2.02. The zero-order chi connectivity index (χ0) is 11.5. The van der Waals surface area contributed by atoms with Crippen LogP contribution >= 0.6 is 27.3 Å². The summed E-state index contributed by atoms with van der Waals surface area (Å²) < 4.78 is 0.896. The fourth-order valence-corrected chi connectivity index (χ4v) is 2.57. The molecule has 0 radical (unpaired) electrons. The standard InChI is InChI=1S/C11H12BrN3S/c1-3-13-10-8(12)6-14-11(15-10)9-7(2)4-5-16-9/h4-6H,3H2,1-2H3,(H,13,14,15). The van der Waals surface area contributed by atoms with E-state index in [2.05, 4.69) is 49.6 Å². The topological polar surface area (TPSA) is 37.8 Å². The molecular formula is C11H12BrN3S. The second-order valence-corrected chi connectivity index (χ2v) is 5.12. The molecule has 0 fully saturated rings. The number of hydrogen-bond acceptors (Lipinski definition) is 4. The molecule has 0 aliphatic heterocycles. The summed E-state index contributed by atoms with van der Waals surface area (Å²) >= 11 is 5.10. The van der Waals surface area contributed by atoms with E-state index >= 15 is 0 Å². The first-order chi connectivity index (χ1) is 7.72. The summed E-state index contributed by atoms with van der Waals surface area (Å²) in [5.74, 6) is 1.63. The third kappa shape index (κ3) is 2.25. The van der Waals surface area contributed by atoms with Crippen LogP contribution in [0.15, 0.2) is 22.1 Å². The van der Waals surface area contributed by atoms with Gasteiger partial charge in [0.05, 0.1) is 9.35 Å². The van der Waals surface area contributed by atoms with Gasteiger partial charge in [-0.05, 0) is 46.8 Å².